The summed E-state index contributed by atoms with van der Waals surface area (Å²) in [5, 5.41) is 11.8. The van der Waals surface area contributed by atoms with Crippen LogP contribution < -0.4 is 21.5 Å². The van der Waals surface area contributed by atoms with Crippen molar-refractivity contribution in [3.8, 4) is 0 Å². The van der Waals surface area contributed by atoms with Gasteiger partial charge in [-0.15, -0.1) is 0 Å². The van der Waals surface area contributed by atoms with Crippen LogP contribution in [-0.2, 0) is 10.0 Å². The topological polar surface area (TPSA) is 126 Å². The Morgan fingerprint density at radius 3 is 2.46 bits per heavy atom. The van der Waals surface area contributed by atoms with Gasteiger partial charge < -0.3 is 21.3 Å². The lowest BCUT2D eigenvalue weighted by Gasteiger charge is -2.30. The first-order valence-electron chi connectivity index (χ1n) is 8.87. The number of likely N-dealkylation sites (N-methyl/N-ethyl adjacent to an activating group) is 1. The van der Waals surface area contributed by atoms with Crippen molar-refractivity contribution in [3.63, 3.8) is 0 Å². The Morgan fingerprint density at radius 2 is 1.88 bits per heavy atom. The van der Waals surface area contributed by atoms with Crippen LogP contribution in [0.3, 0.4) is 0 Å². The highest BCUT2D eigenvalue weighted by Gasteiger charge is 2.22. The summed E-state index contributed by atoms with van der Waals surface area (Å²) in [6, 6.07) is 6.57. The Labute approximate surface area is 156 Å². The molecule has 2 rings (SSSR count). The van der Waals surface area contributed by atoms with Gasteiger partial charge in [-0.3, -0.25) is 4.99 Å². The second kappa shape index (κ2) is 9.31. The molecule has 1 aliphatic rings. The number of nitrogens with two attached hydrogens (primary N) is 2. The number of benzene rings is 1. The zero-order valence-electron chi connectivity index (χ0n) is 15.5. The van der Waals surface area contributed by atoms with Crippen LogP contribution in [0.15, 0.2) is 34.2 Å². The number of nitrogens with zero attached hydrogens (tertiary/aromatic N) is 2. The van der Waals surface area contributed by atoms with Gasteiger partial charge in [0.1, 0.15) is 0 Å². The quantitative estimate of drug-likeness (QED) is 0.420. The van der Waals surface area contributed by atoms with Crippen molar-refractivity contribution in [1.82, 2.24) is 10.2 Å². The minimum atomic E-state index is -3.70. The number of hydrogen-bond acceptors (Lipinski definition) is 5. The molecule has 146 valence electrons. The number of anilines is 1. The zero-order chi connectivity index (χ0) is 19.2. The van der Waals surface area contributed by atoms with Crippen molar-refractivity contribution in [1.29, 1.82) is 0 Å². The molecule has 0 aliphatic heterocycles. The third-order valence-corrected chi connectivity index (χ3v) is 5.33. The average molecular weight is 383 g/mol. The Bertz CT molecular complexity index is 702. The lowest BCUT2D eigenvalue weighted by Crippen LogP contribution is -2.51. The van der Waals surface area contributed by atoms with Crippen LogP contribution in [0, 0.1) is 0 Å². The Morgan fingerprint density at radius 1 is 1.23 bits per heavy atom. The van der Waals surface area contributed by atoms with Crippen molar-refractivity contribution in [2.24, 2.45) is 15.9 Å². The molecular weight excluding hydrogens is 352 g/mol. The number of guanidine groups is 1. The van der Waals surface area contributed by atoms with Crippen molar-refractivity contribution >= 4 is 21.7 Å². The number of rotatable bonds is 6. The van der Waals surface area contributed by atoms with Gasteiger partial charge in [-0.2, -0.15) is 0 Å². The van der Waals surface area contributed by atoms with E-state index in [-0.39, 0.29) is 17.0 Å². The van der Waals surface area contributed by atoms with E-state index in [2.05, 4.69) is 20.5 Å². The van der Waals surface area contributed by atoms with Crippen molar-refractivity contribution in [2.45, 2.75) is 42.7 Å². The van der Waals surface area contributed by atoms with Gasteiger partial charge in [0.2, 0.25) is 10.0 Å². The SMILES string of the molecule is CN(C)CCN=C(Nc1ccc(S(N)(=O)=O)cc1)N[C@H]1CCCC[C@@H]1N. The first-order valence-corrected chi connectivity index (χ1v) is 10.4. The van der Waals surface area contributed by atoms with Gasteiger partial charge in [-0.05, 0) is 51.2 Å². The van der Waals surface area contributed by atoms with Gasteiger partial charge in [0.05, 0.1) is 11.4 Å². The smallest absolute Gasteiger partial charge is 0.238 e. The summed E-state index contributed by atoms with van der Waals surface area (Å²) in [7, 11) is 0.301. The fourth-order valence-electron chi connectivity index (χ4n) is 2.86. The molecule has 0 radical (unpaired) electrons. The summed E-state index contributed by atoms with van der Waals surface area (Å²) in [5.74, 6) is 0.651. The predicted molar refractivity (Wildman–Crippen MR) is 106 cm³/mol. The second-order valence-electron chi connectivity index (χ2n) is 6.93. The monoisotopic (exact) mass is 382 g/mol. The summed E-state index contributed by atoms with van der Waals surface area (Å²) in [6.45, 7) is 1.47. The molecule has 0 amide bonds. The molecule has 6 N–H and O–H groups in total. The standard InChI is InChI=1S/C17H30N6O2S/c1-23(2)12-11-20-17(22-16-6-4-3-5-15(16)18)21-13-7-9-14(10-8-13)26(19,24)25/h7-10,15-16H,3-6,11-12,18H2,1-2H3,(H2,19,24,25)(H2,20,21,22)/t15-,16-/m0/s1. The Kier molecular flexibility index (Phi) is 7.39. The summed E-state index contributed by atoms with van der Waals surface area (Å²) in [5.41, 5.74) is 6.97. The Balaban J connectivity index is 2.09. The van der Waals surface area contributed by atoms with Gasteiger partial charge in [0.15, 0.2) is 5.96 Å². The van der Waals surface area contributed by atoms with Crippen LogP contribution in [-0.4, -0.2) is 58.5 Å². The molecule has 1 aliphatic carbocycles. The van der Waals surface area contributed by atoms with E-state index in [9.17, 15) is 8.42 Å². The molecule has 0 heterocycles. The molecule has 0 aromatic heterocycles. The fourth-order valence-corrected chi connectivity index (χ4v) is 3.38. The van der Waals surface area contributed by atoms with E-state index >= 15 is 0 Å². The van der Waals surface area contributed by atoms with E-state index in [0.717, 1.165) is 37.9 Å². The van der Waals surface area contributed by atoms with Crippen LogP contribution >= 0.6 is 0 Å². The Hall–Kier alpha value is -1.68. The fraction of sp³-hybridized carbons (Fsp3) is 0.588. The van der Waals surface area contributed by atoms with Crippen LogP contribution in [0.1, 0.15) is 25.7 Å². The van der Waals surface area contributed by atoms with Gasteiger partial charge in [-0.25, -0.2) is 13.6 Å². The van der Waals surface area contributed by atoms with Gasteiger partial charge in [0, 0.05) is 24.3 Å². The normalized spacial score (nSPS) is 21.7. The maximum atomic E-state index is 11.4. The minimum absolute atomic E-state index is 0.0800. The van der Waals surface area contributed by atoms with Gasteiger partial charge >= 0.3 is 0 Å². The third-order valence-electron chi connectivity index (χ3n) is 4.40. The highest BCUT2D eigenvalue weighted by Crippen LogP contribution is 2.17. The lowest BCUT2D eigenvalue weighted by molar-refractivity contribution is 0.359. The van der Waals surface area contributed by atoms with Crippen molar-refractivity contribution in [3.05, 3.63) is 24.3 Å². The molecule has 0 spiro atoms. The highest BCUT2D eigenvalue weighted by atomic mass is 32.2. The van der Waals surface area contributed by atoms with Crippen LogP contribution in [0.4, 0.5) is 5.69 Å². The molecular formula is C17H30N6O2S. The van der Waals surface area contributed by atoms with Crippen LogP contribution in [0.25, 0.3) is 0 Å². The molecule has 0 unspecified atom stereocenters. The third kappa shape index (κ3) is 6.56. The molecule has 9 heteroatoms. The van der Waals surface area contributed by atoms with E-state index in [1.54, 1.807) is 12.1 Å². The van der Waals surface area contributed by atoms with E-state index in [4.69, 9.17) is 10.9 Å². The van der Waals surface area contributed by atoms with E-state index < -0.39 is 10.0 Å². The molecule has 1 aromatic rings. The predicted octanol–water partition coefficient (Wildman–Crippen LogP) is 0.523. The maximum Gasteiger partial charge on any atom is 0.238 e. The molecule has 26 heavy (non-hydrogen) atoms. The highest BCUT2D eigenvalue weighted by molar-refractivity contribution is 7.89. The number of hydrogen-bond donors (Lipinski definition) is 4. The largest absolute Gasteiger partial charge is 0.352 e. The van der Waals surface area contributed by atoms with Gasteiger partial charge in [0.25, 0.3) is 0 Å². The zero-order valence-corrected chi connectivity index (χ0v) is 16.3. The summed E-state index contributed by atoms with van der Waals surface area (Å²) < 4.78 is 22.7. The van der Waals surface area contributed by atoms with Crippen molar-refractivity contribution < 1.29 is 8.42 Å². The van der Waals surface area contributed by atoms with E-state index in [1.165, 1.54) is 12.1 Å². The second-order valence-corrected chi connectivity index (χ2v) is 8.49. The number of nitrogens with one attached hydrogen (secondary N) is 2. The first-order chi connectivity index (χ1) is 12.3. The van der Waals surface area contributed by atoms with Crippen LogP contribution in [0.2, 0.25) is 0 Å². The summed E-state index contributed by atoms with van der Waals surface area (Å²) in [4.78, 5) is 6.76. The van der Waals surface area contributed by atoms with Gasteiger partial charge in [-0.1, -0.05) is 12.8 Å². The number of aliphatic imine (C=N–C) groups is 1. The molecule has 8 nitrogen and oxygen atoms in total. The maximum absolute atomic E-state index is 11.4. The average Bonchev–Trinajstić information content (AvgIpc) is 2.56. The molecule has 1 fully saturated rings. The van der Waals surface area contributed by atoms with E-state index in [0.29, 0.717) is 12.5 Å². The lowest BCUT2D eigenvalue weighted by atomic mass is 9.91. The molecule has 2 atom stereocenters. The van der Waals surface area contributed by atoms with Crippen molar-refractivity contribution in [2.75, 3.05) is 32.5 Å². The molecule has 0 saturated heterocycles. The summed E-state index contributed by atoms with van der Waals surface area (Å²) >= 11 is 0. The summed E-state index contributed by atoms with van der Waals surface area (Å²) in [6.07, 6.45) is 4.33. The molecule has 1 aromatic carbocycles. The first kappa shape index (κ1) is 20.6. The number of primary sulfonamides is 1. The van der Waals surface area contributed by atoms with E-state index in [1.807, 2.05) is 14.1 Å². The van der Waals surface area contributed by atoms with Crippen LogP contribution in [0.5, 0.6) is 0 Å². The number of sulfonamides is 1. The molecule has 1 saturated carbocycles. The minimum Gasteiger partial charge on any atom is -0.352 e. The molecule has 0 bridgehead atoms.